The maximum Gasteiger partial charge on any atom is 0.225 e. The molecule has 18 heavy (non-hydrogen) atoms. The van der Waals surface area contributed by atoms with Crippen LogP contribution in [0.1, 0.15) is 46.0 Å². The number of nitrogens with zero attached hydrogens (tertiary/aromatic N) is 3. The Balaban J connectivity index is 2.13. The summed E-state index contributed by atoms with van der Waals surface area (Å²) in [5, 5.41) is 7.33. The molecule has 0 unspecified atom stereocenters. The van der Waals surface area contributed by atoms with Gasteiger partial charge < -0.3 is 4.90 Å². The average molecular weight is 268 g/mol. The van der Waals surface area contributed by atoms with Crippen LogP contribution in [0, 0.1) is 10.7 Å². The lowest BCUT2D eigenvalue weighted by Gasteiger charge is -2.34. The van der Waals surface area contributed by atoms with Crippen LogP contribution in [0.15, 0.2) is 0 Å². The van der Waals surface area contributed by atoms with Gasteiger partial charge in [0.2, 0.25) is 5.95 Å². The van der Waals surface area contributed by atoms with Crippen LogP contribution in [0.25, 0.3) is 0 Å². The molecule has 0 saturated heterocycles. The smallest absolute Gasteiger partial charge is 0.225 e. The molecule has 2 rings (SSSR count). The molecule has 102 valence electrons. The van der Waals surface area contributed by atoms with Gasteiger partial charge in [0.15, 0.2) is 4.77 Å². The average Bonchev–Trinajstić information content (AvgIpc) is 2.72. The molecule has 0 aromatic carbocycles. The van der Waals surface area contributed by atoms with Crippen LogP contribution < -0.4 is 4.90 Å². The van der Waals surface area contributed by atoms with Crippen LogP contribution >= 0.6 is 12.2 Å². The second kappa shape index (κ2) is 5.87. The molecule has 0 aliphatic heterocycles. The van der Waals surface area contributed by atoms with Gasteiger partial charge in [0.25, 0.3) is 0 Å². The van der Waals surface area contributed by atoms with Gasteiger partial charge in [-0.3, -0.25) is 4.57 Å². The first kappa shape index (κ1) is 13.6. The Labute approximate surface area is 114 Å². The molecule has 1 N–H and O–H groups in total. The van der Waals surface area contributed by atoms with Gasteiger partial charge in [0, 0.05) is 19.6 Å². The number of H-pyrrole nitrogens is 1. The molecule has 5 heteroatoms. The summed E-state index contributed by atoms with van der Waals surface area (Å²) in [4.78, 5) is 2.31. The lowest BCUT2D eigenvalue weighted by atomic mass is 9.87. The van der Waals surface area contributed by atoms with Crippen molar-refractivity contribution in [2.24, 2.45) is 5.92 Å². The van der Waals surface area contributed by atoms with E-state index >= 15 is 0 Å². The molecule has 0 atom stereocenters. The van der Waals surface area contributed by atoms with E-state index in [1.807, 2.05) is 0 Å². The maximum absolute atomic E-state index is 5.30. The van der Waals surface area contributed by atoms with Crippen molar-refractivity contribution in [1.82, 2.24) is 14.8 Å². The van der Waals surface area contributed by atoms with E-state index in [1.165, 1.54) is 25.7 Å². The molecular weight excluding hydrogens is 244 g/mol. The summed E-state index contributed by atoms with van der Waals surface area (Å²) >= 11 is 5.30. The summed E-state index contributed by atoms with van der Waals surface area (Å²) in [6.07, 6.45) is 6.27. The first-order chi connectivity index (χ1) is 8.63. The Hall–Kier alpha value is -0.840. The molecular formula is C13H24N4S. The zero-order valence-corrected chi connectivity index (χ0v) is 12.5. The molecule has 1 heterocycles. The Bertz CT molecular complexity index is 428. The standard InChI is InChI=1S/C13H24N4S/c1-4-9-17-12(14-15-13(17)18)16(3)11-7-5-10(2)6-8-11/h10-11H,4-9H2,1-3H3,(H,15,18). The number of hydrogen-bond acceptors (Lipinski definition) is 3. The van der Waals surface area contributed by atoms with E-state index in [1.54, 1.807) is 0 Å². The fraction of sp³-hybridized carbons (Fsp3) is 0.846. The van der Waals surface area contributed by atoms with Crippen molar-refractivity contribution in [3.8, 4) is 0 Å². The number of hydrogen-bond donors (Lipinski definition) is 1. The molecule has 1 fully saturated rings. The first-order valence-electron chi connectivity index (χ1n) is 7.01. The van der Waals surface area contributed by atoms with Gasteiger partial charge in [-0.05, 0) is 50.2 Å². The van der Waals surface area contributed by atoms with Crippen LogP contribution in [-0.4, -0.2) is 27.9 Å². The predicted octanol–water partition coefficient (Wildman–Crippen LogP) is 3.37. The van der Waals surface area contributed by atoms with E-state index in [0.717, 1.165) is 29.6 Å². The second-order valence-corrected chi connectivity index (χ2v) is 5.89. The highest BCUT2D eigenvalue weighted by Gasteiger charge is 2.24. The fourth-order valence-corrected chi connectivity index (χ4v) is 3.02. The van der Waals surface area contributed by atoms with E-state index in [2.05, 4.69) is 40.6 Å². The Morgan fingerprint density at radius 2 is 2.06 bits per heavy atom. The molecule has 1 saturated carbocycles. The van der Waals surface area contributed by atoms with Crippen molar-refractivity contribution >= 4 is 18.2 Å². The summed E-state index contributed by atoms with van der Waals surface area (Å²) < 4.78 is 2.86. The zero-order chi connectivity index (χ0) is 13.1. The predicted molar refractivity (Wildman–Crippen MR) is 77.5 cm³/mol. The summed E-state index contributed by atoms with van der Waals surface area (Å²) in [5.74, 6) is 1.88. The van der Waals surface area contributed by atoms with Crippen molar-refractivity contribution in [3.63, 3.8) is 0 Å². The van der Waals surface area contributed by atoms with Gasteiger partial charge >= 0.3 is 0 Å². The van der Waals surface area contributed by atoms with Gasteiger partial charge in [-0.2, -0.15) is 0 Å². The highest BCUT2D eigenvalue weighted by molar-refractivity contribution is 7.71. The van der Waals surface area contributed by atoms with Gasteiger partial charge in [-0.1, -0.05) is 13.8 Å². The summed E-state index contributed by atoms with van der Waals surface area (Å²) in [5.41, 5.74) is 0. The third kappa shape index (κ3) is 2.76. The highest BCUT2D eigenvalue weighted by atomic mass is 32.1. The van der Waals surface area contributed by atoms with Crippen LogP contribution in [0.5, 0.6) is 0 Å². The first-order valence-corrected chi connectivity index (χ1v) is 7.42. The SMILES string of the molecule is CCCn1c(N(C)C2CCC(C)CC2)n[nH]c1=S. The van der Waals surface area contributed by atoms with Crippen LogP contribution in [0.2, 0.25) is 0 Å². The van der Waals surface area contributed by atoms with Gasteiger partial charge in [0.05, 0.1) is 0 Å². The topological polar surface area (TPSA) is 36.9 Å². The quantitative estimate of drug-likeness (QED) is 0.851. The Kier molecular flexibility index (Phi) is 4.43. The molecule has 0 bridgehead atoms. The van der Waals surface area contributed by atoms with E-state index in [9.17, 15) is 0 Å². The minimum Gasteiger partial charge on any atom is -0.341 e. The van der Waals surface area contributed by atoms with E-state index in [4.69, 9.17) is 12.2 Å². The minimum absolute atomic E-state index is 0.613. The number of anilines is 1. The molecule has 1 aromatic rings. The largest absolute Gasteiger partial charge is 0.341 e. The molecule has 0 spiro atoms. The molecule has 0 amide bonds. The molecule has 4 nitrogen and oxygen atoms in total. The third-order valence-electron chi connectivity index (χ3n) is 4.03. The monoisotopic (exact) mass is 268 g/mol. The normalized spacial score (nSPS) is 24.2. The summed E-state index contributed by atoms with van der Waals surface area (Å²) in [6, 6.07) is 0.613. The van der Waals surface area contributed by atoms with Crippen LogP contribution in [-0.2, 0) is 6.54 Å². The van der Waals surface area contributed by atoms with E-state index in [-0.39, 0.29) is 0 Å². The van der Waals surface area contributed by atoms with Crippen molar-refractivity contribution in [2.45, 2.75) is 58.5 Å². The van der Waals surface area contributed by atoms with Crippen molar-refractivity contribution in [3.05, 3.63) is 4.77 Å². The van der Waals surface area contributed by atoms with Gasteiger partial charge in [-0.15, -0.1) is 5.10 Å². The lowest BCUT2D eigenvalue weighted by Crippen LogP contribution is -2.36. The second-order valence-electron chi connectivity index (χ2n) is 5.50. The maximum atomic E-state index is 5.30. The summed E-state index contributed by atoms with van der Waals surface area (Å²) in [7, 11) is 2.15. The molecule has 0 radical (unpaired) electrons. The van der Waals surface area contributed by atoms with E-state index in [0.29, 0.717) is 6.04 Å². The number of rotatable bonds is 4. The lowest BCUT2D eigenvalue weighted by molar-refractivity contribution is 0.337. The van der Waals surface area contributed by atoms with Crippen LogP contribution in [0.3, 0.4) is 0 Å². The van der Waals surface area contributed by atoms with Crippen molar-refractivity contribution in [1.29, 1.82) is 0 Å². The molecule has 1 aromatic heterocycles. The van der Waals surface area contributed by atoms with Gasteiger partial charge in [0.1, 0.15) is 0 Å². The minimum atomic E-state index is 0.613. The fourth-order valence-electron chi connectivity index (χ4n) is 2.80. The number of aromatic nitrogens is 3. The summed E-state index contributed by atoms with van der Waals surface area (Å²) in [6.45, 7) is 5.46. The number of aromatic amines is 1. The van der Waals surface area contributed by atoms with Gasteiger partial charge in [-0.25, -0.2) is 5.10 Å². The zero-order valence-electron chi connectivity index (χ0n) is 11.6. The highest BCUT2D eigenvalue weighted by Crippen LogP contribution is 2.28. The number of nitrogens with one attached hydrogen (secondary N) is 1. The molecule has 1 aliphatic rings. The van der Waals surface area contributed by atoms with Crippen molar-refractivity contribution in [2.75, 3.05) is 11.9 Å². The molecule has 1 aliphatic carbocycles. The third-order valence-corrected chi connectivity index (χ3v) is 4.35. The van der Waals surface area contributed by atoms with Crippen LogP contribution in [0.4, 0.5) is 5.95 Å². The van der Waals surface area contributed by atoms with E-state index < -0.39 is 0 Å². The Morgan fingerprint density at radius 1 is 1.39 bits per heavy atom. The Morgan fingerprint density at radius 3 is 2.67 bits per heavy atom. The van der Waals surface area contributed by atoms with Crippen molar-refractivity contribution < 1.29 is 0 Å².